The van der Waals surface area contributed by atoms with Crippen LogP contribution in [-0.2, 0) is 19.2 Å². The molecule has 1 fully saturated rings. The molecular formula is C18H27N5S. The van der Waals surface area contributed by atoms with Gasteiger partial charge in [0.15, 0.2) is 5.16 Å². The minimum absolute atomic E-state index is 0.664. The maximum absolute atomic E-state index is 5.47. The third-order valence-electron chi connectivity index (χ3n) is 4.79. The highest BCUT2D eigenvalue weighted by Crippen LogP contribution is 2.11. The molecule has 0 unspecified atom stereocenters. The molecule has 1 saturated heterocycles. The summed E-state index contributed by atoms with van der Waals surface area (Å²) < 4.78 is 4.09. The average molecular weight is 346 g/mol. The van der Waals surface area contributed by atoms with Gasteiger partial charge in [0, 0.05) is 38.7 Å². The van der Waals surface area contributed by atoms with Crippen molar-refractivity contribution in [3.05, 3.63) is 36.2 Å². The van der Waals surface area contributed by atoms with Gasteiger partial charge in [-0.3, -0.25) is 4.57 Å². The molecule has 6 heteroatoms. The summed E-state index contributed by atoms with van der Waals surface area (Å²) in [7, 11) is 2.20. The quantitative estimate of drug-likeness (QED) is 0.592. The number of aromatic nitrogens is 3. The van der Waals surface area contributed by atoms with Crippen LogP contribution < -0.4 is 4.57 Å². The van der Waals surface area contributed by atoms with E-state index in [-0.39, 0.29) is 0 Å². The average Bonchev–Trinajstić information content (AvgIpc) is 2.91. The molecule has 0 atom stereocenters. The molecule has 0 aliphatic carbocycles. The van der Waals surface area contributed by atoms with E-state index in [0.29, 0.717) is 5.16 Å². The van der Waals surface area contributed by atoms with Crippen molar-refractivity contribution in [1.29, 1.82) is 0 Å². The number of piperidine rings is 1. The third kappa shape index (κ3) is 3.94. The lowest BCUT2D eigenvalue weighted by atomic mass is 10.2. The lowest BCUT2D eigenvalue weighted by molar-refractivity contribution is -0.739. The van der Waals surface area contributed by atoms with Crippen LogP contribution in [0.3, 0.4) is 0 Å². The summed E-state index contributed by atoms with van der Waals surface area (Å²) in [4.78, 5) is 0. The standard InChI is InChI=1S/C18H27N5S/c1-16-22(15-9-12-20(2)21-13-7-4-8-14-21)18(24)19-23(16)17-10-5-3-6-11-17/h3,5-6,10-11H,4,7-9,12-15H2,1-2H3. The largest absolute Gasteiger partial charge is 0.703 e. The van der Waals surface area contributed by atoms with E-state index in [4.69, 9.17) is 12.6 Å². The SMILES string of the molecule is Cc1n(-c2ccccc2)nc([S-])[n+]1CCCN(C)N1CCCCC1. The molecule has 0 radical (unpaired) electrons. The zero-order chi connectivity index (χ0) is 16.9. The van der Waals surface area contributed by atoms with Gasteiger partial charge in [0.1, 0.15) is 5.69 Å². The third-order valence-corrected chi connectivity index (χ3v) is 5.10. The van der Waals surface area contributed by atoms with Crippen molar-refractivity contribution >= 4 is 12.6 Å². The van der Waals surface area contributed by atoms with Crippen molar-refractivity contribution in [3.63, 3.8) is 0 Å². The molecule has 2 aromatic rings. The summed E-state index contributed by atoms with van der Waals surface area (Å²) in [5, 5.41) is 10.1. The summed E-state index contributed by atoms with van der Waals surface area (Å²) in [6.07, 6.45) is 5.08. The van der Waals surface area contributed by atoms with Crippen LogP contribution in [0.15, 0.2) is 35.5 Å². The summed E-state index contributed by atoms with van der Waals surface area (Å²) >= 11 is 5.47. The van der Waals surface area contributed by atoms with Crippen LogP contribution in [-0.4, -0.2) is 46.5 Å². The molecule has 3 rings (SSSR count). The molecule has 0 bridgehead atoms. The van der Waals surface area contributed by atoms with Crippen molar-refractivity contribution in [2.75, 3.05) is 26.7 Å². The van der Waals surface area contributed by atoms with Gasteiger partial charge >= 0.3 is 0 Å². The fraction of sp³-hybridized carbons (Fsp3) is 0.556. The Kier molecular flexibility index (Phi) is 5.81. The van der Waals surface area contributed by atoms with E-state index in [0.717, 1.165) is 31.0 Å². The lowest BCUT2D eigenvalue weighted by Crippen LogP contribution is -2.45. The van der Waals surface area contributed by atoms with Gasteiger partial charge in [0.2, 0.25) is 5.82 Å². The first kappa shape index (κ1) is 17.3. The summed E-state index contributed by atoms with van der Waals surface area (Å²) in [5.41, 5.74) is 1.06. The maximum atomic E-state index is 5.47. The fourth-order valence-electron chi connectivity index (χ4n) is 3.35. The summed E-state index contributed by atoms with van der Waals surface area (Å²) in [6, 6.07) is 10.2. The molecular weight excluding hydrogens is 318 g/mol. The first-order valence-electron chi connectivity index (χ1n) is 8.84. The van der Waals surface area contributed by atoms with Gasteiger partial charge in [0.25, 0.3) is 0 Å². The fourth-order valence-corrected chi connectivity index (χ4v) is 3.66. The summed E-state index contributed by atoms with van der Waals surface area (Å²) in [6.45, 7) is 6.44. The number of para-hydroxylation sites is 1. The summed E-state index contributed by atoms with van der Waals surface area (Å²) in [5.74, 6) is 1.09. The van der Waals surface area contributed by atoms with E-state index >= 15 is 0 Å². The molecule has 2 heterocycles. The van der Waals surface area contributed by atoms with E-state index in [9.17, 15) is 0 Å². The molecule has 5 nitrogen and oxygen atoms in total. The Hall–Kier alpha value is -1.50. The monoisotopic (exact) mass is 345 g/mol. The van der Waals surface area contributed by atoms with Crippen molar-refractivity contribution in [2.24, 2.45) is 0 Å². The molecule has 1 aromatic carbocycles. The molecule has 0 saturated carbocycles. The molecule has 1 aliphatic rings. The van der Waals surface area contributed by atoms with Gasteiger partial charge in [0.05, 0.1) is 6.54 Å². The first-order valence-corrected chi connectivity index (χ1v) is 9.25. The van der Waals surface area contributed by atoms with Crippen LogP contribution in [0.5, 0.6) is 0 Å². The van der Waals surface area contributed by atoms with Gasteiger partial charge in [-0.1, -0.05) is 29.3 Å². The molecule has 0 spiro atoms. The number of rotatable bonds is 6. The van der Waals surface area contributed by atoms with Crippen LogP contribution in [0.2, 0.25) is 0 Å². The Morgan fingerprint density at radius 3 is 2.58 bits per heavy atom. The van der Waals surface area contributed by atoms with E-state index in [2.05, 4.69) is 45.8 Å². The number of benzene rings is 1. The van der Waals surface area contributed by atoms with Crippen molar-refractivity contribution < 1.29 is 4.57 Å². The predicted octanol–water partition coefficient (Wildman–Crippen LogP) is 2.10. The van der Waals surface area contributed by atoms with Gasteiger partial charge in [-0.15, -0.1) is 0 Å². The smallest absolute Gasteiger partial charge is 0.237 e. The van der Waals surface area contributed by atoms with Crippen molar-refractivity contribution in [1.82, 2.24) is 19.8 Å². The minimum atomic E-state index is 0.664. The van der Waals surface area contributed by atoms with Crippen LogP contribution in [0.25, 0.3) is 5.69 Å². The zero-order valence-corrected chi connectivity index (χ0v) is 15.5. The zero-order valence-electron chi connectivity index (χ0n) is 14.7. The second kappa shape index (κ2) is 8.05. The molecule has 0 N–H and O–H groups in total. The Morgan fingerprint density at radius 1 is 1.17 bits per heavy atom. The predicted molar refractivity (Wildman–Crippen MR) is 96.8 cm³/mol. The van der Waals surface area contributed by atoms with Crippen LogP contribution in [0.1, 0.15) is 31.5 Å². The van der Waals surface area contributed by atoms with E-state index < -0.39 is 0 Å². The van der Waals surface area contributed by atoms with Gasteiger partial charge in [-0.05, 0) is 31.4 Å². The number of hydrogen-bond acceptors (Lipinski definition) is 4. The lowest BCUT2D eigenvalue weighted by Gasteiger charge is -2.34. The second-order valence-corrected chi connectivity index (χ2v) is 6.84. The topological polar surface area (TPSA) is 28.2 Å². The maximum Gasteiger partial charge on any atom is 0.237 e. The molecule has 130 valence electrons. The van der Waals surface area contributed by atoms with Gasteiger partial charge in [-0.25, -0.2) is 10.0 Å². The molecule has 0 amide bonds. The van der Waals surface area contributed by atoms with Gasteiger partial charge in [-0.2, -0.15) is 0 Å². The Labute approximate surface area is 150 Å². The van der Waals surface area contributed by atoms with Gasteiger partial charge < -0.3 is 12.6 Å². The van der Waals surface area contributed by atoms with E-state index in [1.807, 2.05) is 22.9 Å². The number of nitrogens with zero attached hydrogens (tertiary/aromatic N) is 5. The number of hydrogen-bond donors (Lipinski definition) is 0. The van der Waals surface area contributed by atoms with Crippen molar-refractivity contribution in [3.8, 4) is 5.69 Å². The Balaban J connectivity index is 1.60. The highest BCUT2D eigenvalue weighted by atomic mass is 32.1. The number of hydrazine groups is 1. The molecule has 1 aliphatic heterocycles. The van der Waals surface area contributed by atoms with Crippen LogP contribution in [0.4, 0.5) is 0 Å². The van der Waals surface area contributed by atoms with E-state index in [1.54, 1.807) is 0 Å². The second-order valence-electron chi connectivity index (χ2n) is 6.48. The Bertz CT molecular complexity index is 649. The molecule has 1 aromatic heterocycles. The van der Waals surface area contributed by atoms with Crippen LogP contribution >= 0.6 is 0 Å². The normalized spacial score (nSPS) is 16.0. The van der Waals surface area contributed by atoms with E-state index in [1.165, 1.54) is 32.4 Å². The minimum Gasteiger partial charge on any atom is -0.703 e. The first-order chi connectivity index (χ1) is 11.7. The van der Waals surface area contributed by atoms with Crippen LogP contribution in [0, 0.1) is 6.92 Å². The Morgan fingerprint density at radius 2 is 1.88 bits per heavy atom. The molecule has 24 heavy (non-hydrogen) atoms. The highest BCUT2D eigenvalue weighted by molar-refractivity contribution is 7.58. The van der Waals surface area contributed by atoms with Crippen molar-refractivity contribution in [2.45, 2.75) is 44.3 Å². The highest BCUT2D eigenvalue weighted by Gasteiger charge is 2.18.